The monoisotopic (exact) mass is 1680 g/mol. The smallest absolute Gasteiger partial charge is 0.0583 e. The Morgan fingerprint density at radius 2 is 0.406 bits per heavy atom. The van der Waals surface area contributed by atoms with E-state index in [9.17, 15) is 0 Å². The molecule has 0 saturated carbocycles. The predicted octanol–water partition coefficient (Wildman–Crippen LogP) is 36.8. The molecule has 9 aliphatic rings. The molecule has 0 bridgehead atoms. The minimum Gasteiger partial charge on any atom is -0.308 e. The van der Waals surface area contributed by atoms with Gasteiger partial charge in [0.2, 0.25) is 0 Å². The van der Waals surface area contributed by atoms with Gasteiger partial charge in [-0.05, 0) is 216 Å². The first-order valence-corrected chi connectivity index (χ1v) is 49.8. The van der Waals surface area contributed by atoms with Crippen LogP contribution in [0.25, 0.3) is 149 Å². The molecule has 6 heterocycles. The van der Waals surface area contributed by atoms with Crippen LogP contribution in [-0.2, 0) is 57.8 Å². The fourth-order valence-electron chi connectivity index (χ4n) is 21.3. The molecule has 3 aromatic heterocycles. The number of para-hydroxylation sites is 3. The van der Waals surface area contributed by atoms with Crippen LogP contribution in [0.3, 0.4) is 0 Å². The second kappa shape index (κ2) is 43.0. The van der Waals surface area contributed by atoms with E-state index in [1.165, 1.54) is 249 Å². The Kier molecular flexibility index (Phi) is 31.9. The van der Waals surface area contributed by atoms with Gasteiger partial charge < -0.3 is 13.7 Å². The molecule has 27 rings (SSSR count). The van der Waals surface area contributed by atoms with Gasteiger partial charge in [-0.15, -0.1) is 0 Å². The third-order valence-corrected chi connectivity index (χ3v) is 25.3. The Morgan fingerprint density at radius 3 is 0.812 bits per heavy atom. The van der Waals surface area contributed by atoms with Crippen LogP contribution < -0.4 is 0 Å². The minimum atomic E-state index is 1.00. The molecule has 3 nitrogen and oxygen atoms in total. The lowest BCUT2D eigenvalue weighted by molar-refractivity contribution is 1.02. The van der Waals surface area contributed by atoms with Crippen LogP contribution in [0.4, 0.5) is 0 Å². The number of hydrogen-bond donors (Lipinski definition) is 0. The first kappa shape index (κ1) is 94.8. The van der Waals surface area contributed by atoms with Crippen molar-refractivity contribution in [3.8, 4) is 83.8 Å². The summed E-state index contributed by atoms with van der Waals surface area (Å²) in [6.07, 6.45) is 9.19. The van der Waals surface area contributed by atoms with Gasteiger partial charge in [0, 0.05) is 87.9 Å². The van der Waals surface area contributed by atoms with E-state index in [0.29, 0.717) is 0 Å². The maximum Gasteiger partial charge on any atom is 0.0583 e. The maximum atomic E-state index is 2.62. The van der Waals surface area contributed by atoms with Gasteiger partial charge in [-0.25, -0.2) is 0 Å². The van der Waals surface area contributed by atoms with Crippen molar-refractivity contribution in [3.05, 3.63) is 373 Å². The lowest BCUT2D eigenvalue weighted by atomic mass is 9.89. The number of rotatable bonds is 0. The number of fused-ring (bicyclic) bond motifs is 39. The van der Waals surface area contributed by atoms with E-state index in [-0.39, 0.29) is 0 Å². The molecule has 0 fully saturated rings. The van der Waals surface area contributed by atoms with Gasteiger partial charge >= 0.3 is 0 Å². The highest BCUT2D eigenvalue weighted by Crippen LogP contribution is 2.56. The van der Waals surface area contributed by atoms with E-state index in [2.05, 4.69) is 287 Å². The van der Waals surface area contributed by atoms with Crippen LogP contribution in [0, 0.1) is 0 Å². The van der Waals surface area contributed by atoms with Gasteiger partial charge in [-0.1, -0.05) is 423 Å². The van der Waals surface area contributed by atoms with Gasteiger partial charge in [0.25, 0.3) is 0 Å². The van der Waals surface area contributed by atoms with E-state index in [1.807, 2.05) is 180 Å². The average molecular weight is 1690 g/mol. The molecule has 0 atom stereocenters. The normalized spacial score (nSPS) is 11.9. The molecule has 18 aromatic rings. The summed E-state index contributed by atoms with van der Waals surface area (Å²) in [5.74, 6) is 0. The van der Waals surface area contributed by atoms with Gasteiger partial charge in [0.15, 0.2) is 0 Å². The molecule has 3 heteroatoms. The third kappa shape index (κ3) is 15.5. The highest BCUT2D eigenvalue weighted by molar-refractivity contribution is 6.22. The SMILES string of the molecule is CC.CC.CC.CC.CC.CC.CC.CC.CC.CC.CC.CC.CC.c1ccc2c(c1)Cc1c-2cc2c3ccc4c(c3n3c2c1Cc1ccccc1-3)Cc1ccccc1-4.c1ccc2c(c1)Cc1c-2ccc2c3c4c(cc5c3n(c12)-c1ccccc1C5)Cc1ccccc1-4.c1ccc2c(c1)Cc1c-2ccc2c3cc4c(c5c3n(c12)-c1ccccc1C5)-c1ccccc1C4. The highest BCUT2D eigenvalue weighted by Gasteiger charge is 2.37. The van der Waals surface area contributed by atoms with Crippen molar-refractivity contribution in [3.63, 3.8) is 0 Å². The number of aromatic nitrogens is 3. The second-order valence-electron chi connectivity index (χ2n) is 30.2. The number of benzene rings is 15. The Morgan fingerprint density at radius 1 is 0.148 bits per heavy atom. The lowest BCUT2D eigenvalue weighted by Gasteiger charge is -2.23. The zero-order chi connectivity index (χ0) is 91.9. The standard InChI is InChI=1S/3C33H21N.13C2H6/c1-4-10-24-20(8-1)18-28-26(24)13-14-27-31-30-22(15-19-7-2-5-11-25(19)30)17-23-16-21-9-3-6-12-29(21)34(32(23)31)33(27)28;1-4-10-23-20(8-1)16-27-25(23)13-14-26-28-18-22-15-19-7-2-5-11-24(19)31(22)29-17-21-9-3-6-12-30(21)34(32(26)27)33(28)29;1-4-10-22-20(8-1)16-28-24(22)13-14-25-30-18-27-23-11-5-2-7-19(23)15-26(27)29-17-21-9-3-6-12-31(21)34(32(25)28)33(29)30;13*1-2/h1-14,17H,15-16,18H2;2*1-14,18H,15-17H2;13*1-2H3. The third-order valence-electron chi connectivity index (χ3n) is 25.3. The molecular formula is C125H141N3. The van der Waals surface area contributed by atoms with Crippen molar-refractivity contribution in [1.29, 1.82) is 0 Å². The summed E-state index contributed by atoms with van der Waals surface area (Å²) >= 11 is 0. The van der Waals surface area contributed by atoms with Crippen LogP contribution in [0.5, 0.6) is 0 Å². The molecule has 15 aromatic carbocycles. The van der Waals surface area contributed by atoms with Crippen molar-refractivity contribution in [2.45, 2.75) is 238 Å². The number of nitrogens with zero attached hydrogens (tertiary/aromatic N) is 3. The van der Waals surface area contributed by atoms with Crippen molar-refractivity contribution < 1.29 is 0 Å². The first-order valence-electron chi connectivity index (χ1n) is 49.8. The quantitative estimate of drug-likeness (QED) is 0.144. The molecule has 0 N–H and O–H groups in total. The molecule has 0 amide bonds. The summed E-state index contributed by atoms with van der Waals surface area (Å²) in [6, 6.07) is 103. The van der Waals surface area contributed by atoms with Gasteiger partial charge in [0.1, 0.15) is 0 Å². The van der Waals surface area contributed by atoms with Gasteiger partial charge in [-0.3, -0.25) is 0 Å². The largest absolute Gasteiger partial charge is 0.308 e. The second-order valence-corrected chi connectivity index (χ2v) is 30.2. The van der Waals surface area contributed by atoms with E-state index in [4.69, 9.17) is 0 Å². The summed E-state index contributed by atoms with van der Waals surface area (Å²) in [4.78, 5) is 0. The minimum absolute atomic E-state index is 1.00. The summed E-state index contributed by atoms with van der Waals surface area (Å²) in [5.41, 5.74) is 56.2. The molecule has 6 aliphatic carbocycles. The van der Waals surface area contributed by atoms with Crippen molar-refractivity contribution in [2.75, 3.05) is 0 Å². The van der Waals surface area contributed by atoms with Crippen molar-refractivity contribution in [2.24, 2.45) is 0 Å². The fraction of sp³-hybridized carbons (Fsp3) is 0.280. The maximum absolute atomic E-state index is 2.62. The summed E-state index contributed by atoms with van der Waals surface area (Å²) in [6.45, 7) is 52.0. The Labute approximate surface area is 768 Å². The van der Waals surface area contributed by atoms with Crippen molar-refractivity contribution in [1.82, 2.24) is 13.7 Å². The highest BCUT2D eigenvalue weighted by atomic mass is 15.0. The zero-order valence-electron chi connectivity index (χ0n) is 82.2. The van der Waals surface area contributed by atoms with E-state index in [1.54, 1.807) is 0 Å². The molecular weight excluding hydrogens is 1540 g/mol. The Balaban J connectivity index is 0.000000154. The average Bonchev–Trinajstić information content (AvgIpc) is 1.53. The van der Waals surface area contributed by atoms with Crippen LogP contribution in [0.1, 0.15) is 280 Å². The van der Waals surface area contributed by atoms with Crippen LogP contribution in [0.15, 0.2) is 273 Å². The molecule has 0 unspecified atom stereocenters. The lowest BCUT2D eigenvalue weighted by Crippen LogP contribution is -2.10. The van der Waals surface area contributed by atoms with Gasteiger partial charge in [-0.2, -0.15) is 0 Å². The molecule has 0 spiro atoms. The van der Waals surface area contributed by atoms with Crippen molar-refractivity contribution >= 4 is 65.4 Å². The predicted molar refractivity (Wildman–Crippen MR) is 568 cm³/mol. The summed E-state index contributed by atoms with van der Waals surface area (Å²) in [7, 11) is 0. The Bertz CT molecular complexity index is 6900. The Hall–Kier alpha value is -12.3. The van der Waals surface area contributed by atoms with Crippen LogP contribution >= 0.6 is 0 Å². The molecule has 3 aliphatic heterocycles. The topological polar surface area (TPSA) is 14.8 Å². The van der Waals surface area contributed by atoms with E-state index < -0.39 is 0 Å². The molecule has 656 valence electrons. The zero-order valence-corrected chi connectivity index (χ0v) is 82.2. The first-order chi connectivity index (χ1) is 63.6. The van der Waals surface area contributed by atoms with E-state index >= 15 is 0 Å². The summed E-state index contributed by atoms with van der Waals surface area (Å²) in [5, 5.41) is 8.50. The fourth-order valence-corrected chi connectivity index (χ4v) is 21.3. The van der Waals surface area contributed by atoms with Crippen LogP contribution in [-0.4, -0.2) is 13.7 Å². The van der Waals surface area contributed by atoms with Gasteiger partial charge in [0.05, 0.1) is 33.1 Å². The van der Waals surface area contributed by atoms with E-state index in [0.717, 1.165) is 57.8 Å². The molecule has 0 radical (unpaired) electrons. The molecule has 0 saturated heterocycles. The summed E-state index contributed by atoms with van der Waals surface area (Å²) < 4.78 is 7.85. The number of hydrogen-bond acceptors (Lipinski definition) is 0. The molecule has 128 heavy (non-hydrogen) atoms. The van der Waals surface area contributed by atoms with Crippen LogP contribution in [0.2, 0.25) is 0 Å².